The second-order valence-corrected chi connectivity index (χ2v) is 3.70. The Morgan fingerprint density at radius 1 is 1.22 bits per heavy atom. The van der Waals surface area contributed by atoms with Gasteiger partial charge in [-0.25, -0.2) is 4.39 Å². The van der Waals surface area contributed by atoms with E-state index in [-0.39, 0.29) is 5.56 Å². The quantitative estimate of drug-likeness (QED) is 0.712. The number of hydrogen-bond donors (Lipinski definition) is 3. The number of phenolic OH excluding ortho intramolecular Hbond substituents is 1. The van der Waals surface area contributed by atoms with Gasteiger partial charge in [0.15, 0.2) is 0 Å². The molecule has 2 rings (SSSR count). The lowest BCUT2D eigenvalue weighted by molar-refractivity contribution is 0.102. The number of phenols is 1. The number of hydrogen-bond acceptors (Lipinski definition) is 3. The summed E-state index contributed by atoms with van der Waals surface area (Å²) in [4.78, 5) is 11.8. The van der Waals surface area contributed by atoms with Gasteiger partial charge in [-0.15, -0.1) is 0 Å². The Kier molecular flexibility index (Phi) is 3.14. The van der Waals surface area contributed by atoms with Gasteiger partial charge in [-0.05, 0) is 24.3 Å². The van der Waals surface area contributed by atoms with Gasteiger partial charge in [0.1, 0.15) is 11.6 Å². The van der Waals surface area contributed by atoms with Gasteiger partial charge in [-0.1, -0.05) is 12.1 Å². The molecule has 1 amide bonds. The topological polar surface area (TPSA) is 75.3 Å². The second kappa shape index (κ2) is 4.75. The van der Waals surface area contributed by atoms with E-state index in [4.69, 9.17) is 5.73 Å². The average Bonchev–Trinajstić information content (AvgIpc) is 2.32. The van der Waals surface area contributed by atoms with Crippen LogP contribution in [0.3, 0.4) is 0 Å². The Bertz CT molecular complexity index is 599. The summed E-state index contributed by atoms with van der Waals surface area (Å²) in [6, 6.07) is 9.91. The summed E-state index contributed by atoms with van der Waals surface area (Å²) >= 11 is 0. The first-order chi connectivity index (χ1) is 8.58. The van der Waals surface area contributed by atoms with E-state index in [1.54, 1.807) is 24.3 Å². The highest BCUT2D eigenvalue weighted by Gasteiger charge is 2.12. The number of nitrogens with one attached hydrogen (secondary N) is 1. The molecule has 0 atom stereocenters. The molecule has 18 heavy (non-hydrogen) atoms. The van der Waals surface area contributed by atoms with Gasteiger partial charge in [0.25, 0.3) is 5.91 Å². The molecule has 0 fully saturated rings. The monoisotopic (exact) mass is 246 g/mol. The van der Waals surface area contributed by atoms with Crippen LogP contribution in [-0.2, 0) is 0 Å². The highest BCUT2D eigenvalue weighted by molar-refractivity contribution is 6.07. The molecule has 0 radical (unpaired) electrons. The van der Waals surface area contributed by atoms with E-state index < -0.39 is 17.5 Å². The maximum absolute atomic E-state index is 12.8. The van der Waals surface area contributed by atoms with Crippen molar-refractivity contribution in [2.45, 2.75) is 0 Å². The van der Waals surface area contributed by atoms with Gasteiger partial charge in [0.05, 0.1) is 16.9 Å². The van der Waals surface area contributed by atoms with E-state index >= 15 is 0 Å². The van der Waals surface area contributed by atoms with E-state index in [0.29, 0.717) is 11.4 Å². The van der Waals surface area contributed by atoms with Gasteiger partial charge in [-0.3, -0.25) is 4.79 Å². The third-order valence-corrected chi connectivity index (χ3v) is 2.41. The number of nitrogens with two attached hydrogens (primary N) is 1. The van der Waals surface area contributed by atoms with Gasteiger partial charge in [0, 0.05) is 6.07 Å². The summed E-state index contributed by atoms with van der Waals surface area (Å²) in [6.45, 7) is 0. The SMILES string of the molecule is Nc1ccccc1NC(=O)c1ccc(F)cc1O. The first-order valence-electron chi connectivity index (χ1n) is 5.22. The Morgan fingerprint density at radius 2 is 1.94 bits per heavy atom. The number of halogens is 1. The van der Waals surface area contributed by atoms with Crippen LogP contribution in [0.4, 0.5) is 15.8 Å². The number of para-hydroxylation sites is 2. The predicted molar refractivity (Wildman–Crippen MR) is 66.9 cm³/mol. The zero-order valence-corrected chi connectivity index (χ0v) is 9.35. The predicted octanol–water partition coefficient (Wildman–Crippen LogP) is 2.37. The molecule has 4 N–H and O–H groups in total. The van der Waals surface area contributed by atoms with Crippen molar-refractivity contribution in [2.75, 3.05) is 11.1 Å². The molecule has 2 aromatic carbocycles. The minimum Gasteiger partial charge on any atom is -0.507 e. The molecule has 0 saturated carbocycles. The lowest BCUT2D eigenvalue weighted by Crippen LogP contribution is -2.13. The third-order valence-electron chi connectivity index (χ3n) is 2.41. The van der Waals surface area contributed by atoms with Gasteiger partial charge >= 0.3 is 0 Å². The Balaban J connectivity index is 2.25. The summed E-state index contributed by atoms with van der Waals surface area (Å²) in [7, 11) is 0. The van der Waals surface area contributed by atoms with E-state index in [0.717, 1.165) is 12.1 Å². The number of carbonyl (C=O) groups excluding carboxylic acids is 1. The molecule has 2 aromatic rings. The zero-order valence-electron chi connectivity index (χ0n) is 9.35. The zero-order chi connectivity index (χ0) is 13.1. The van der Waals surface area contributed by atoms with Crippen LogP contribution in [0.25, 0.3) is 0 Å². The van der Waals surface area contributed by atoms with Crippen LogP contribution in [0, 0.1) is 5.82 Å². The molecule has 0 aliphatic carbocycles. The maximum atomic E-state index is 12.8. The summed E-state index contributed by atoms with van der Waals surface area (Å²) in [5.41, 5.74) is 6.50. The van der Waals surface area contributed by atoms with Crippen LogP contribution >= 0.6 is 0 Å². The van der Waals surface area contributed by atoms with E-state index in [2.05, 4.69) is 5.32 Å². The number of benzene rings is 2. The molecule has 0 saturated heterocycles. The molecule has 0 aromatic heterocycles. The van der Waals surface area contributed by atoms with Crippen LogP contribution in [0.2, 0.25) is 0 Å². The van der Waals surface area contributed by atoms with Crippen molar-refractivity contribution in [2.24, 2.45) is 0 Å². The minimum absolute atomic E-state index is 0.0142. The van der Waals surface area contributed by atoms with Crippen molar-refractivity contribution in [1.82, 2.24) is 0 Å². The van der Waals surface area contributed by atoms with Crippen LogP contribution in [0.1, 0.15) is 10.4 Å². The largest absolute Gasteiger partial charge is 0.507 e. The van der Waals surface area contributed by atoms with Crippen LogP contribution < -0.4 is 11.1 Å². The smallest absolute Gasteiger partial charge is 0.259 e. The molecule has 0 aliphatic heterocycles. The fourth-order valence-electron chi connectivity index (χ4n) is 1.50. The highest BCUT2D eigenvalue weighted by atomic mass is 19.1. The molecule has 0 bridgehead atoms. The number of anilines is 2. The molecule has 0 unspecified atom stereocenters. The summed E-state index contributed by atoms with van der Waals surface area (Å²) < 4.78 is 12.8. The molecule has 0 heterocycles. The fraction of sp³-hybridized carbons (Fsp3) is 0. The Hall–Kier alpha value is -2.56. The Labute approximate surface area is 103 Å². The number of carbonyl (C=O) groups is 1. The van der Waals surface area contributed by atoms with Crippen molar-refractivity contribution in [3.8, 4) is 5.75 Å². The van der Waals surface area contributed by atoms with Gasteiger partial charge in [-0.2, -0.15) is 0 Å². The van der Waals surface area contributed by atoms with Gasteiger partial charge in [0.2, 0.25) is 0 Å². The number of nitrogen functional groups attached to an aromatic ring is 1. The van der Waals surface area contributed by atoms with Crippen LogP contribution in [0.5, 0.6) is 5.75 Å². The van der Waals surface area contributed by atoms with Gasteiger partial charge < -0.3 is 16.2 Å². The van der Waals surface area contributed by atoms with Crippen molar-refractivity contribution in [3.63, 3.8) is 0 Å². The Morgan fingerprint density at radius 3 is 2.61 bits per heavy atom. The highest BCUT2D eigenvalue weighted by Crippen LogP contribution is 2.22. The van der Waals surface area contributed by atoms with Crippen LogP contribution in [0.15, 0.2) is 42.5 Å². The maximum Gasteiger partial charge on any atom is 0.259 e. The lowest BCUT2D eigenvalue weighted by atomic mass is 10.1. The molecule has 0 aliphatic rings. The summed E-state index contributed by atoms with van der Waals surface area (Å²) in [5, 5.41) is 12.0. The first kappa shape index (κ1) is 11.9. The first-order valence-corrected chi connectivity index (χ1v) is 5.22. The second-order valence-electron chi connectivity index (χ2n) is 3.70. The minimum atomic E-state index is -0.608. The number of rotatable bonds is 2. The normalized spacial score (nSPS) is 10.1. The molecule has 0 spiro atoms. The molecule has 92 valence electrons. The third kappa shape index (κ3) is 2.40. The molecular weight excluding hydrogens is 235 g/mol. The molecule has 5 heteroatoms. The van der Waals surface area contributed by atoms with Crippen LogP contribution in [-0.4, -0.2) is 11.0 Å². The van der Waals surface area contributed by atoms with E-state index in [1.807, 2.05) is 0 Å². The average molecular weight is 246 g/mol. The van der Waals surface area contributed by atoms with E-state index in [9.17, 15) is 14.3 Å². The van der Waals surface area contributed by atoms with Crippen molar-refractivity contribution in [1.29, 1.82) is 0 Å². The molecule has 4 nitrogen and oxygen atoms in total. The van der Waals surface area contributed by atoms with Crippen molar-refractivity contribution < 1.29 is 14.3 Å². The fourth-order valence-corrected chi connectivity index (χ4v) is 1.50. The lowest BCUT2D eigenvalue weighted by Gasteiger charge is -2.08. The summed E-state index contributed by atoms with van der Waals surface area (Å²) in [5.74, 6) is -1.57. The molecular formula is C13H11FN2O2. The summed E-state index contributed by atoms with van der Waals surface area (Å²) in [6.07, 6.45) is 0. The van der Waals surface area contributed by atoms with E-state index in [1.165, 1.54) is 6.07 Å². The van der Waals surface area contributed by atoms with Crippen molar-refractivity contribution in [3.05, 3.63) is 53.8 Å². The van der Waals surface area contributed by atoms with Crippen molar-refractivity contribution >= 4 is 17.3 Å². The number of amides is 1. The standard InChI is InChI=1S/C13H11FN2O2/c14-8-5-6-9(12(17)7-8)13(18)16-11-4-2-1-3-10(11)15/h1-7,17H,15H2,(H,16,18). The number of aromatic hydroxyl groups is 1.